The van der Waals surface area contributed by atoms with Crippen molar-refractivity contribution in [2.45, 2.75) is 11.8 Å². The Bertz CT molecular complexity index is 402. The zero-order valence-electron chi connectivity index (χ0n) is 7.45. The smallest absolute Gasteiger partial charge is 0.313 e. The fourth-order valence-corrected chi connectivity index (χ4v) is 1.98. The third-order valence-corrected chi connectivity index (χ3v) is 3.08. The molecule has 0 saturated heterocycles. The Kier molecular flexibility index (Phi) is 2.30. The number of carbonyl (C=O) groups is 1. The van der Waals surface area contributed by atoms with Crippen LogP contribution in [-0.2, 0) is 4.79 Å². The molecule has 0 radical (unpaired) electrons. The van der Waals surface area contributed by atoms with Crippen molar-refractivity contribution < 1.29 is 18.7 Å². The van der Waals surface area contributed by atoms with Gasteiger partial charge >= 0.3 is 5.97 Å². The van der Waals surface area contributed by atoms with Crippen molar-refractivity contribution in [1.29, 1.82) is 0 Å². The lowest BCUT2D eigenvalue weighted by Gasteiger charge is -1.98. The second-order valence-electron chi connectivity index (χ2n) is 3.52. The summed E-state index contributed by atoms with van der Waals surface area (Å²) in [5, 5.41) is 8.59. The van der Waals surface area contributed by atoms with Crippen LogP contribution in [0.15, 0.2) is 28.7 Å². The molecule has 0 spiro atoms. The average Bonchev–Trinajstić information content (AvgIpc) is 2.70. The summed E-state index contributed by atoms with van der Waals surface area (Å²) in [7, 11) is 0. The summed E-state index contributed by atoms with van der Waals surface area (Å²) in [5.41, 5.74) is 0.371. The van der Waals surface area contributed by atoms with Crippen molar-refractivity contribution in [1.82, 2.24) is 0 Å². The van der Waals surface area contributed by atoms with Gasteiger partial charge in [-0.3, -0.25) is 4.79 Å². The molecule has 1 aromatic carbocycles. The van der Waals surface area contributed by atoms with E-state index in [1.54, 1.807) is 12.1 Å². The van der Waals surface area contributed by atoms with E-state index in [1.165, 1.54) is 12.1 Å². The maximum atomic E-state index is 13.1. The van der Waals surface area contributed by atoms with E-state index in [1.807, 2.05) is 0 Å². The van der Waals surface area contributed by atoms with Crippen LogP contribution in [0.25, 0.3) is 0 Å². The summed E-state index contributed by atoms with van der Waals surface area (Å²) in [6, 6.07) is 6.29. The number of alkyl halides is 2. The number of rotatable bonds is 2. The van der Waals surface area contributed by atoms with Crippen LogP contribution < -0.4 is 0 Å². The van der Waals surface area contributed by atoms with Gasteiger partial charge in [-0.05, 0) is 17.7 Å². The van der Waals surface area contributed by atoms with E-state index in [-0.39, 0.29) is 0 Å². The minimum Gasteiger partial charge on any atom is -0.481 e. The van der Waals surface area contributed by atoms with Crippen LogP contribution in [-0.4, -0.2) is 17.0 Å². The molecule has 1 saturated carbocycles. The number of carboxylic acid groups (broad SMARTS) is 1. The molecule has 0 unspecified atom stereocenters. The number of hydrogen-bond acceptors (Lipinski definition) is 1. The molecule has 0 aliphatic heterocycles. The van der Waals surface area contributed by atoms with Crippen molar-refractivity contribution in [3.8, 4) is 0 Å². The third kappa shape index (κ3) is 1.65. The monoisotopic (exact) mass is 276 g/mol. The average molecular weight is 277 g/mol. The van der Waals surface area contributed by atoms with Crippen molar-refractivity contribution >= 4 is 21.9 Å². The van der Waals surface area contributed by atoms with Gasteiger partial charge in [0.05, 0.1) is 5.92 Å². The molecule has 5 heteroatoms. The largest absolute Gasteiger partial charge is 0.481 e. The standard InChI is InChI=1S/C10H7BrF2O2/c11-6-3-1-5(2-4-6)7-8(9(14)15)10(7,12)13/h1-4,7-8H,(H,14,15)/t7-,8+/m1/s1. The first-order valence-electron chi connectivity index (χ1n) is 4.30. The lowest BCUT2D eigenvalue weighted by molar-refractivity contribution is -0.140. The molecule has 1 fully saturated rings. The van der Waals surface area contributed by atoms with Gasteiger partial charge in [0, 0.05) is 4.47 Å². The predicted octanol–water partition coefficient (Wildman–Crippen LogP) is 2.88. The van der Waals surface area contributed by atoms with Gasteiger partial charge in [-0.2, -0.15) is 0 Å². The first-order chi connectivity index (χ1) is 6.94. The van der Waals surface area contributed by atoms with Gasteiger partial charge in [0.2, 0.25) is 0 Å². The van der Waals surface area contributed by atoms with Crippen LogP contribution in [0.1, 0.15) is 11.5 Å². The number of hydrogen-bond donors (Lipinski definition) is 1. The Morgan fingerprint density at radius 3 is 2.27 bits per heavy atom. The van der Waals surface area contributed by atoms with Crippen molar-refractivity contribution in [3.63, 3.8) is 0 Å². The van der Waals surface area contributed by atoms with E-state index < -0.39 is 23.7 Å². The fraction of sp³-hybridized carbons (Fsp3) is 0.300. The molecule has 2 rings (SSSR count). The van der Waals surface area contributed by atoms with Crippen LogP contribution in [0.3, 0.4) is 0 Å². The lowest BCUT2D eigenvalue weighted by Crippen LogP contribution is -2.04. The topological polar surface area (TPSA) is 37.3 Å². The minimum atomic E-state index is -3.11. The second kappa shape index (κ2) is 3.27. The minimum absolute atomic E-state index is 0.371. The van der Waals surface area contributed by atoms with Crippen LogP contribution in [0.4, 0.5) is 8.78 Å². The normalized spacial score (nSPS) is 27.4. The molecule has 0 aromatic heterocycles. The highest BCUT2D eigenvalue weighted by Gasteiger charge is 2.72. The second-order valence-corrected chi connectivity index (χ2v) is 4.44. The molecular formula is C10H7BrF2O2. The summed E-state index contributed by atoms with van der Waals surface area (Å²) < 4.78 is 27.0. The van der Waals surface area contributed by atoms with Crippen LogP contribution >= 0.6 is 15.9 Å². The Balaban J connectivity index is 2.27. The third-order valence-electron chi connectivity index (χ3n) is 2.55. The molecule has 15 heavy (non-hydrogen) atoms. The van der Waals surface area contributed by atoms with E-state index in [0.29, 0.717) is 5.56 Å². The zero-order valence-corrected chi connectivity index (χ0v) is 9.04. The first kappa shape index (κ1) is 10.5. The number of carboxylic acids is 1. The molecule has 1 N–H and O–H groups in total. The fourth-order valence-electron chi connectivity index (χ4n) is 1.72. The highest BCUT2D eigenvalue weighted by Crippen LogP contribution is 2.61. The van der Waals surface area contributed by atoms with Gasteiger partial charge in [0.15, 0.2) is 0 Å². The summed E-state index contributed by atoms with van der Waals surface area (Å²) in [6.07, 6.45) is 0. The summed E-state index contributed by atoms with van der Waals surface area (Å²) in [4.78, 5) is 10.5. The van der Waals surface area contributed by atoms with E-state index in [0.717, 1.165) is 4.47 Å². The number of benzene rings is 1. The molecule has 2 nitrogen and oxygen atoms in total. The zero-order chi connectivity index (χ0) is 11.2. The van der Waals surface area contributed by atoms with Crippen LogP contribution in [0, 0.1) is 5.92 Å². The Labute approximate surface area is 93.0 Å². The Hall–Kier alpha value is -0.970. The SMILES string of the molecule is O=C(O)[C@@H]1[C@@H](c2ccc(Br)cc2)C1(F)F. The molecule has 2 atom stereocenters. The lowest BCUT2D eigenvalue weighted by atomic mass is 10.1. The quantitative estimate of drug-likeness (QED) is 0.902. The van der Waals surface area contributed by atoms with Gasteiger partial charge in [0.1, 0.15) is 5.92 Å². The van der Waals surface area contributed by atoms with Gasteiger partial charge in [0.25, 0.3) is 5.92 Å². The molecule has 80 valence electrons. The molecule has 1 aromatic rings. The molecule has 1 aliphatic rings. The van der Waals surface area contributed by atoms with Crippen LogP contribution in [0.2, 0.25) is 0 Å². The Morgan fingerprint density at radius 2 is 1.87 bits per heavy atom. The summed E-state index contributed by atoms with van der Waals surface area (Å²) in [6.45, 7) is 0. The van der Waals surface area contributed by atoms with Gasteiger partial charge in [-0.25, -0.2) is 8.78 Å². The highest BCUT2D eigenvalue weighted by molar-refractivity contribution is 9.10. The maximum Gasteiger partial charge on any atom is 0.313 e. The van der Waals surface area contributed by atoms with Crippen molar-refractivity contribution in [3.05, 3.63) is 34.3 Å². The van der Waals surface area contributed by atoms with Gasteiger partial charge in [-0.1, -0.05) is 28.1 Å². The Morgan fingerprint density at radius 1 is 1.33 bits per heavy atom. The number of halogens is 3. The number of aliphatic carboxylic acids is 1. The van der Waals surface area contributed by atoms with E-state index >= 15 is 0 Å². The van der Waals surface area contributed by atoms with E-state index in [2.05, 4.69) is 15.9 Å². The summed E-state index contributed by atoms with van der Waals surface area (Å²) >= 11 is 3.18. The molecule has 1 aliphatic carbocycles. The predicted molar refractivity (Wildman–Crippen MR) is 53.0 cm³/mol. The van der Waals surface area contributed by atoms with Crippen molar-refractivity contribution in [2.75, 3.05) is 0 Å². The van der Waals surface area contributed by atoms with Crippen molar-refractivity contribution in [2.24, 2.45) is 5.92 Å². The molecule has 0 bridgehead atoms. The molecule has 0 heterocycles. The maximum absolute atomic E-state index is 13.1. The van der Waals surface area contributed by atoms with Crippen LogP contribution in [0.5, 0.6) is 0 Å². The summed E-state index contributed by atoms with van der Waals surface area (Å²) in [5.74, 6) is -7.30. The molecule has 0 amide bonds. The van der Waals surface area contributed by atoms with Gasteiger partial charge < -0.3 is 5.11 Å². The highest BCUT2D eigenvalue weighted by atomic mass is 79.9. The molecular weight excluding hydrogens is 270 g/mol. The van der Waals surface area contributed by atoms with Gasteiger partial charge in [-0.15, -0.1) is 0 Å². The van der Waals surface area contributed by atoms with E-state index in [4.69, 9.17) is 5.11 Å². The first-order valence-corrected chi connectivity index (χ1v) is 5.10. The van der Waals surface area contributed by atoms with E-state index in [9.17, 15) is 13.6 Å².